The summed E-state index contributed by atoms with van der Waals surface area (Å²) in [6.07, 6.45) is 5.09. The van der Waals surface area contributed by atoms with E-state index in [2.05, 4.69) is 48.3 Å². The number of rotatable bonds is 6. The molecular weight excluding hydrogens is 342 g/mol. The van der Waals surface area contributed by atoms with Crippen LogP contribution >= 0.6 is 11.3 Å². The van der Waals surface area contributed by atoms with E-state index in [0.717, 1.165) is 36.4 Å². The first-order chi connectivity index (χ1) is 12.6. The molecule has 0 spiro atoms. The standard InChI is InChI=1S/C21H27N3OS/c1-4-24(5-2)18-9-7-16(8-10-18)14-22-23-21(25)20-13-17-12-15(3)6-11-19(17)26-20/h7-10,13-15H,4-6,11-12H2,1-3H3,(H,23,25)/b22-14-/t15-/m1/s1. The SMILES string of the molecule is CCN(CC)c1ccc(/C=N\NC(=O)c2cc3c(s2)CC[C@@H](C)C3)cc1. The van der Waals surface area contributed by atoms with Gasteiger partial charge in [0.1, 0.15) is 0 Å². The Morgan fingerprint density at radius 2 is 2.04 bits per heavy atom. The molecule has 1 aromatic carbocycles. The molecule has 5 heteroatoms. The second-order valence-electron chi connectivity index (χ2n) is 6.87. The molecule has 0 aliphatic heterocycles. The Morgan fingerprint density at radius 1 is 1.31 bits per heavy atom. The van der Waals surface area contributed by atoms with Gasteiger partial charge in [-0.3, -0.25) is 4.79 Å². The second kappa shape index (κ2) is 8.49. The predicted molar refractivity (Wildman–Crippen MR) is 111 cm³/mol. The van der Waals surface area contributed by atoms with Crippen LogP contribution in [-0.2, 0) is 12.8 Å². The number of hydrazone groups is 1. The minimum atomic E-state index is -0.118. The minimum Gasteiger partial charge on any atom is -0.372 e. The zero-order valence-corrected chi connectivity index (χ0v) is 16.6. The monoisotopic (exact) mass is 369 g/mol. The number of thiophene rings is 1. The van der Waals surface area contributed by atoms with Crippen LogP contribution in [0.1, 0.15) is 52.9 Å². The van der Waals surface area contributed by atoms with Crippen LogP contribution in [0.3, 0.4) is 0 Å². The lowest BCUT2D eigenvalue weighted by Gasteiger charge is -2.20. The van der Waals surface area contributed by atoms with Crippen LogP contribution in [-0.4, -0.2) is 25.2 Å². The third-order valence-electron chi connectivity index (χ3n) is 4.95. The van der Waals surface area contributed by atoms with Gasteiger partial charge < -0.3 is 4.90 Å². The van der Waals surface area contributed by atoms with Crippen molar-refractivity contribution in [3.05, 3.63) is 51.2 Å². The van der Waals surface area contributed by atoms with Crippen molar-refractivity contribution in [3.8, 4) is 0 Å². The van der Waals surface area contributed by atoms with E-state index in [4.69, 9.17) is 0 Å². The van der Waals surface area contributed by atoms with E-state index in [-0.39, 0.29) is 5.91 Å². The minimum absolute atomic E-state index is 0.118. The van der Waals surface area contributed by atoms with E-state index in [0.29, 0.717) is 5.92 Å². The van der Waals surface area contributed by atoms with E-state index in [9.17, 15) is 4.79 Å². The van der Waals surface area contributed by atoms with Crippen LogP contribution < -0.4 is 10.3 Å². The molecule has 1 aliphatic rings. The second-order valence-corrected chi connectivity index (χ2v) is 8.01. The molecule has 1 aliphatic carbocycles. The Balaban J connectivity index is 1.59. The van der Waals surface area contributed by atoms with Gasteiger partial charge in [0.15, 0.2) is 0 Å². The Morgan fingerprint density at radius 3 is 2.73 bits per heavy atom. The van der Waals surface area contributed by atoms with Gasteiger partial charge in [-0.15, -0.1) is 11.3 Å². The molecule has 138 valence electrons. The molecule has 1 aromatic heterocycles. The van der Waals surface area contributed by atoms with Gasteiger partial charge in [-0.05, 0) is 68.4 Å². The summed E-state index contributed by atoms with van der Waals surface area (Å²) in [5.74, 6) is 0.596. The van der Waals surface area contributed by atoms with Gasteiger partial charge >= 0.3 is 0 Å². The molecule has 1 amide bonds. The van der Waals surface area contributed by atoms with Crippen LogP contribution in [0.25, 0.3) is 0 Å². The summed E-state index contributed by atoms with van der Waals surface area (Å²) in [7, 11) is 0. The summed E-state index contributed by atoms with van der Waals surface area (Å²) < 4.78 is 0. The fourth-order valence-corrected chi connectivity index (χ4v) is 4.50. The number of fused-ring (bicyclic) bond motifs is 1. The van der Waals surface area contributed by atoms with E-state index < -0.39 is 0 Å². The lowest BCUT2D eigenvalue weighted by Crippen LogP contribution is -2.21. The van der Waals surface area contributed by atoms with Gasteiger partial charge in [-0.1, -0.05) is 19.1 Å². The third kappa shape index (κ3) is 4.33. The Bertz CT molecular complexity index is 775. The van der Waals surface area contributed by atoms with Crippen molar-refractivity contribution in [2.24, 2.45) is 11.0 Å². The average molecular weight is 370 g/mol. The number of amides is 1. The smallest absolute Gasteiger partial charge is 0.281 e. The zero-order chi connectivity index (χ0) is 18.5. The molecule has 0 radical (unpaired) electrons. The number of aryl methyl sites for hydroxylation is 1. The number of hydrogen-bond donors (Lipinski definition) is 1. The normalized spacial score (nSPS) is 16.5. The summed E-state index contributed by atoms with van der Waals surface area (Å²) in [5, 5.41) is 4.12. The van der Waals surface area contributed by atoms with E-state index in [1.807, 2.05) is 18.2 Å². The number of carbonyl (C=O) groups excluding carboxylic acids is 1. The average Bonchev–Trinajstić information content (AvgIpc) is 3.07. The van der Waals surface area contributed by atoms with Crippen molar-refractivity contribution in [1.29, 1.82) is 0 Å². The van der Waals surface area contributed by atoms with Crippen LogP contribution in [0, 0.1) is 5.92 Å². The highest BCUT2D eigenvalue weighted by molar-refractivity contribution is 7.14. The molecule has 0 fully saturated rings. The highest BCUT2D eigenvalue weighted by Gasteiger charge is 2.20. The van der Waals surface area contributed by atoms with Crippen LogP contribution in [0.5, 0.6) is 0 Å². The summed E-state index contributed by atoms with van der Waals surface area (Å²) in [4.78, 5) is 16.8. The Hall–Kier alpha value is -2.14. The first kappa shape index (κ1) is 18.6. The number of nitrogens with zero attached hydrogens (tertiary/aromatic N) is 2. The van der Waals surface area contributed by atoms with Crippen LogP contribution in [0.15, 0.2) is 35.4 Å². The quantitative estimate of drug-likeness (QED) is 0.602. The molecule has 3 rings (SSSR count). The maximum Gasteiger partial charge on any atom is 0.281 e. The lowest BCUT2D eigenvalue weighted by atomic mass is 9.90. The van der Waals surface area contributed by atoms with E-state index in [1.165, 1.54) is 22.5 Å². The fourth-order valence-electron chi connectivity index (χ4n) is 3.40. The molecule has 2 aromatic rings. The number of nitrogens with one attached hydrogen (secondary N) is 1. The molecule has 26 heavy (non-hydrogen) atoms. The van der Waals surface area contributed by atoms with Crippen molar-refractivity contribution >= 4 is 29.1 Å². The number of hydrogen-bond acceptors (Lipinski definition) is 4. The molecule has 0 unspecified atom stereocenters. The molecule has 1 heterocycles. The van der Waals surface area contributed by atoms with Crippen LogP contribution in [0.2, 0.25) is 0 Å². The molecule has 1 N–H and O–H groups in total. The zero-order valence-electron chi connectivity index (χ0n) is 15.8. The summed E-state index contributed by atoms with van der Waals surface area (Å²) in [6.45, 7) is 8.55. The maximum atomic E-state index is 12.3. The van der Waals surface area contributed by atoms with Gasteiger partial charge in [0, 0.05) is 23.7 Å². The van der Waals surface area contributed by atoms with Crippen molar-refractivity contribution in [2.75, 3.05) is 18.0 Å². The van der Waals surface area contributed by atoms with Crippen molar-refractivity contribution < 1.29 is 4.79 Å². The van der Waals surface area contributed by atoms with Gasteiger partial charge in [0.25, 0.3) is 5.91 Å². The largest absolute Gasteiger partial charge is 0.372 e. The number of carbonyl (C=O) groups is 1. The first-order valence-corrected chi connectivity index (χ1v) is 10.2. The van der Waals surface area contributed by atoms with Crippen molar-refractivity contribution in [3.63, 3.8) is 0 Å². The van der Waals surface area contributed by atoms with Crippen molar-refractivity contribution in [2.45, 2.75) is 40.0 Å². The Kier molecular flexibility index (Phi) is 6.09. The highest BCUT2D eigenvalue weighted by Crippen LogP contribution is 2.32. The van der Waals surface area contributed by atoms with Crippen molar-refractivity contribution in [1.82, 2.24) is 5.43 Å². The predicted octanol–water partition coefficient (Wildman–Crippen LogP) is 4.48. The first-order valence-electron chi connectivity index (χ1n) is 9.40. The Labute approximate surface area is 159 Å². The molecule has 4 nitrogen and oxygen atoms in total. The molecular formula is C21H27N3OS. The van der Waals surface area contributed by atoms with E-state index in [1.54, 1.807) is 17.6 Å². The van der Waals surface area contributed by atoms with Gasteiger partial charge in [0.05, 0.1) is 11.1 Å². The third-order valence-corrected chi connectivity index (χ3v) is 6.19. The molecule has 0 saturated heterocycles. The molecule has 1 atom stereocenters. The maximum absolute atomic E-state index is 12.3. The van der Waals surface area contributed by atoms with Crippen LogP contribution in [0.4, 0.5) is 5.69 Å². The molecule has 0 saturated carbocycles. The number of benzene rings is 1. The van der Waals surface area contributed by atoms with Gasteiger partial charge in [-0.25, -0.2) is 5.43 Å². The summed E-state index contributed by atoms with van der Waals surface area (Å²) in [6, 6.07) is 10.3. The summed E-state index contributed by atoms with van der Waals surface area (Å²) >= 11 is 1.61. The van der Waals surface area contributed by atoms with E-state index >= 15 is 0 Å². The van der Waals surface area contributed by atoms with Gasteiger partial charge in [-0.2, -0.15) is 5.10 Å². The number of anilines is 1. The topological polar surface area (TPSA) is 44.7 Å². The summed E-state index contributed by atoms with van der Waals surface area (Å²) in [5.41, 5.74) is 6.18. The lowest BCUT2D eigenvalue weighted by molar-refractivity contribution is 0.0959. The molecule has 0 bridgehead atoms. The highest BCUT2D eigenvalue weighted by atomic mass is 32.1. The van der Waals surface area contributed by atoms with Gasteiger partial charge in [0.2, 0.25) is 0 Å². The fraction of sp³-hybridized carbons (Fsp3) is 0.429.